The lowest BCUT2D eigenvalue weighted by Crippen LogP contribution is -2.13. The predicted octanol–water partition coefficient (Wildman–Crippen LogP) is 2.76. The zero-order chi connectivity index (χ0) is 13.5. The van der Waals surface area contributed by atoms with Gasteiger partial charge in [-0.25, -0.2) is 0 Å². The fourth-order valence-corrected chi connectivity index (χ4v) is 1.86. The van der Waals surface area contributed by atoms with E-state index in [2.05, 4.69) is 0 Å². The van der Waals surface area contributed by atoms with Crippen LogP contribution in [0.4, 0.5) is 0 Å². The first-order valence-corrected chi connectivity index (χ1v) is 6.06. The van der Waals surface area contributed by atoms with Crippen LogP contribution in [0.2, 0.25) is 0 Å². The zero-order valence-electron chi connectivity index (χ0n) is 11.4. The number of methoxy groups -OCH3 is 2. The average molecular weight is 252 g/mol. The molecule has 0 aliphatic rings. The molecular formula is C14H20O4. The molecule has 1 unspecified atom stereocenters. The van der Waals surface area contributed by atoms with Gasteiger partial charge in [-0.15, -0.1) is 0 Å². The zero-order valence-corrected chi connectivity index (χ0v) is 11.4. The molecule has 0 aliphatic heterocycles. The summed E-state index contributed by atoms with van der Waals surface area (Å²) in [5, 5.41) is 0. The van der Waals surface area contributed by atoms with Crippen LogP contribution in [0, 0.1) is 0 Å². The summed E-state index contributed by atoms with van der Waals surface area (Å²) in [6, 6.07) is 5.52. The van der Waals surface area contributed by atoms with Gasteiger partial charge in [0.05, 0.1) is 26.7 Å². The van der Waals surface area contributed by atoms with Gasteiger partial charge in [0.1, 0.15) is 0 Å². The summed E-state index contributed by atoms with van der Waals surface area (Å²) in [6.07, 6.45) is 0.685. The summed E-state index contributed by atoms with van der Waals surface area (Å²) in [5.41, 5.74) is 0.883. The monoisotopic (exact) mass is 252 g/mol. The number of benzene rings is 1. The number of ether oxygens (including phenoxy) is 3. The lowest BCUT2D eigenvalue weighted by atomic mass is 9.96. The number of carbonyl (C=O) groups is 1. The standard InChI is InChI=1S/C14H20O4/c1-5-11(14(15)17-4)10-7-8-12(16-3)13(9-10)18-6-2/h7-9,11H,5-6H2,1-4H3. The molecule has 0 spiro atoms. The fourth-order valence-electron chi connectivity index (χ4n) is 1.86. The number of carbonyl (C=O) groups excluding carboxylic acids is 1. The van der Waals surface area contributed by atoms with Crippen molar-refractivity contribution in [2.75, 3.05) is 20.8 Å². The second kappa shape index (κ2) is 6.89. The molecule has 4 heteroatoms. The molecular weight excluding hydrogens is 232 g/mol. The Morgan fingerprint density at radius 3 is 2.44 bits per heavy atom. The average Bonchev–Trinajstić information content (AvgIpc) is 2.40. The summed E-state index contributed by atoms with van der Waals surface area (Å²) in [5.74, 6) is 0.824. The Labute approximate surface area is 108 Å². The van der Waals surface area contributed by atoms with E-state index in [0.717, 1.165) is 5.56 Å². The quantitative estimate of drug-likeness (QED) is 0.730. The van der Waals surface area contributed by atoms with Gasteiger partial charge < -0.3 is 14.2 Å². The molecule has 100 valence electrons. The maximum atomic E-state index is 11.7. The first-order valence-electron chi connectivity index (χ1n) is 6.06. The highest BCUT2D eigenvalue weighted by Gasteiger charge is 2.20. The first kappa shape index (κ1) is 14.4. The van der Waals surface area contributed by atoms with Gasteiger partial charge in [0.25, 0.3) is 0 Å². The smallest absolute Gasteiger partial charge is 0.313 e. The minimum Gasteiger partial charge on any atom is -0.493 e. The van der Waals surface area contributed by atoms with Crippen LogP contribution in [-0.2, 0) is 9.53 Å². The molecule has 0 saturated carbocycles. The van der Waals surface area contributed by atoms with Crippen molar-refractivity contribution in [1.82, 2.24) is 0 Å². The number of hydrogen-bond donors (Lipinski definition) is 0. The van der Waals surface area contributed by atoms with Gasteiger partial charge in [-0.2, -0.15) is 0 Å². The third kappa shape index (κ3) is 3.15. The van der Waals surface area contributed by atoms with E-state index in [0.29, 0.717) is 24.5 Å². The van der Waals surface area contributed by atoms with E-state index in [1.165, 1.54) is 7.11 Å². The van der Waals surface area contributed by atoms with E-state index < -0.39 is 0 Å². The fraction of sp³-hybridized carbons (Fsp3) is 0.500. The van der Waals surface area contributed by atoms with E-state index in [1.807, 2.05) is 32.0 Å². The molecule has 0 bridgehead atoms. The summed E-state index contributed by atoms with van der Waals surface area (Å²) >= 11 is 0. The molecule has 0 aliphatic carbocycles. The molecule has 1 aromatic rings. The van der Waals surface area contributed by atoms with E-state index >= 15 is 0 Å². The van der Waals surface area contributed by atoms with Gasteiger partial charge in [-0.1, -0.05) is 13.0 Å². The lowest BCUT2D eigenvalue weighted by Gasteiger charge is -2.16. The molecule has 18 heavy (non-hydrogen) atoms. The third-order valence-corrected chi connectivity index (χ3v) is 2.78. The Morgan fingerprint density at radius 1 is 1.22 bits per heavy atom. The molecule has 1 aromatic carbocycles. The molecule has 0 saturated heterocycles. The van der Waals surface area contributed by atoms with Crippen LogP contribution < -0.4 is 9.47 Å². The molecule has 0 fully saturated rings. The SMILES string of the molecule is CCOc1cc(C(CC)C(=O)OC)ccc1OC. The van der Waals surface area contributed by atoms with E-state index in [4.69, 9.17) is 14.2 Å². The van der Waals surface area contributed by atoms with Crippen LogP contribution in [0.15, 0.2) is 18.2 Å². The van der Waals surface area contributed by atoms with Crippen molar-refractivity contribution in [2.45, 2.75) is 26.2 Å². The third-order valence-electron chi connectivity index (χ3n) is 2.78. The van der Waals surface area contributed by atoms with Crippen molar-refractivity contribution >= 4 is 5.97 Å². The second-order valence-electron chi connectivity index (χ2n) is 3.83. The number of hydrogen-bond acceptors (Lipinski definition) is 4. The van der Waals surface area contributed by atoms with Gasteiger partial charge in [-0.05, 0) is 31.0 Å². The summed E-state index contributed by atoms with van der Waals surface area (Å²) in [7, 11) is 2.99. The van der Waals surface area contributed by atoms with Crippen LogP contribution >= 0.6 is 0 Å². The minimum atomic E-state index is -0.264. The second-order valence-corrected chi connectivity index (χ2v) is 3.83. The van der Waals surface area contributed by atoms with Gasteiger partial charge >= 0.3 is 5.97 Å². The van der Waals surface area contributed by atoms with Gasteiger partial charge in [0, 0.05) is 0 Å². The largest absolute Gasteiger partial charge is 0.493 e. The van der Waals surface area contributed by atoms with Crippen LogP contribution in [0.1, 0.15) is 31.7 Å². The molecule has 0 amide bonds. The van der Waals surface area contributed by atoms with Crippen molar-refractivity contribution in [2.24, 2.45) is 0 Å². The topological polar surface area (TPSA) is 44.8 Å². The maximum Gasteiger partial charge on any atom is 0.313 e. The van der Waals surface area contributed by atoms with Crippen molar-refractivity contribution in [3.8, 4) is 11.5 Å². The summed E-state index contributed by atoms with van der Waals surface area (Å²) in [4.78, 5) is 11.7. The summed E-state index contributed by atoms with van der Waals surface area (Å²) in [6.45, 7) is 4.41. The van der Waals surface area contributed by atoms with Crippen molar-refractivity contribution in [1.29, 1.82) is 0 Å². The molecule has 1 rings (SSSR count). The Morgan fingerprint density at radius 2 is 1.94 bits per heavy atom. The van der Waals surface area contributed by atoms with E-state index in [1.54, 1.807) is 7.11 Å². The predicted molar refractivity (Wildman–Crippen MR) is 69.2 cm³/mol. The van der Waals surface area contributed by atoms with Gasteiger partial charge in [0.2, 0.25) is 0 Å². The van der Waals surface area contributed by atoms with Crippen molar-refractivity contribution < 1.29 is 19.0 Å². The van der Waals surface area contributed by atoms with Crippen LogP contribution in [-0.4, -0.2) is 26.8 Å². The highest BCUT2D eigenvalue weighted by Crippen LogP contribution is 2.32. The van der Waals surface area contributed by atoms with E-state index in [-0.39, 0.29) is 11.9 Å². The molecule has 4 nitrogen and oxygen atoms in total. The van der Waals surface area contributed by atoms with Crippen molar-refractivity contribution in [3.63, 3.8) is 0 Å². The van der Waals surface area contributed by atoms with Gasteiger partial charge in [0.15, 0.2) is 11.5 Å². The Hall–Kier alpha value is -1.71. The van der Waals surface area contributed by atoms with E-state index in [9.17, 15) is 4.79 Å². The van der Waals surface area contributed by atoms with Gasteiger partial charge in [-0.3, -0.25) is 4.79 Å². The highest BCUT2D eigenvalue weighted by molar-refractivity contribution is 5.78. The molecule has 0 N–H and O–H groups in total. The minimum absolute atomic E-state index is 0.231. The molecule has 0 aromatic heterocycles. The lowest BCUT2D eigenvalue weighted by molar-refractivity contribution is -0.142. The summed E-state index contributed by atoms with van der Waals surface area (Å²) < 4.78 is 15.5. The number of rotatable bonds is 6. The molecule has 0 radical (unpaired) electrons. The van der Waals surface area contributed by atoms with Crippen LogP contribution in [0.3, 0.4) is 0 Å². The molecule has 0 heterocycles. The van der Waals surface area contributed by atoms with Crippen LogP contribution in [0.5, 0.6) is 11.5 Å². The Kier molecular flexibility index (Phi) is 5.49. The number of esters is 1. The van der Waals surface area contributed by atoms with Crippen molar-refractivity contribution in [3.05, 3.63) is 23.8 Å². The maximum absolute atomic E-state index is 11.7. The Bertz CT molecular complexity index is 401. The molecule has 1 atom stereocenters. The Balaban J connectivity index is 3.08. The normalized spacial score (nSPS) is 11.8. The first-order chi connectivity index (χ1) is 8.67. The van der Waals surface area contributed by atoms with Crippen LogP contribution in [0.25, 0.3) is 0 Å². The highest BCUT2D eigenvalue weighted by atomic mass is 16.5.